The molecule has 0 aliphatic rings. The van der Waals surface area contributed by atoms with Crippen LogP contribution in [0.3, 0.4) is 0 Å². The van der Waals surface area contributed by atoms with E-state index in [9.17, 15) is 4.79 Å². The average molecular weight is 371 g/mol. The largest absolute Gasteiger partial charge is 0.449 e. The summed E-state index contributed by atoms with van der Waals surface area (Å²) in [6.45, 7) is 2.41. The number of fused-ring (bicyclic) bond motifs is 1. The van der Waals surface area contributed by atoms with Crippen LogP contribution in [-0.4, -0.2) is 37.5 Å². The quantitative estimate of drug-likeness (QED) is 0.703. The molecule has 0 bridgehead atoms. The monoisotopic (exact) mass is 370 g/mol. The number of aryl methyl sites for hydroxylation is 1. The number of nitrogens with zero attached hydrogens (tertiary/aromatic N) is 1. The van der Waals surface area contributed by atoms with Crippen LogP contribution < -0.4 is 5.32 Å². The van der Waals surface area contributed by atoms with Crippen molar-refractivity contribution < 1.29 is 9.21 Å². The summed E-state index contributed by atoms with van der Waals surface area (Å²) in [5.74, 6) is 0.111. The van der Waals surface area contributed by atoms with E-state index in [1.54, 1.807) is 6.07 Å². The third-order valence-electron chi connectivity index (χ3n) is 4.66. The number of furan rings is 1. The van der Waals surface area contributed by atoms with Crippen molar-refractivity contribution in [3.63, 3.8) is 0 Å². The van der Waals surface area contributed by atoms with Crippen molar-refractivity contribution in [1.82, 2.24) is 10.2 Å². The van der Waals surface area contributed by atoms with E-state index in [1.807, 2.05) is 51.4 Å². The third-order valence-corrected chi connectivity index (χ3v) is 4.96. The standard InChI is InChI=1S/C21H23ClN2O2/c1-14-17-10-7-11-18(22)20(17)26-19(14)21(25)23-13-16(24(2)3)12-15-8-5-4-6-9-15/h4-11,16H,12-13H2,1-3H3,(H,23,25). The van der Waals surface area contributed by atoms with Gasteiger partial charge in [0.2, 0.25) is 0 Å². The molecule has 2 aromatic carbocycles. The molecule has 4 nitrogen and oxygen atoms in total. The van der Waals surface area contributed by atoms with E-state index in [0.717, 1.165) is 17.4 Å². The predicted molar refractivity (Wildman–Crippen MR) is 106 cm³/mol. The van der Waals surface area contributed by atoms with Crippen molar-refractivity contribution in [2.24, 2.45) is 0 Å². The van der Waals surface area contributed by atoms with Crippen LogP contribution in [0, 0.1) is 6.92 Å². The summed E-state index contributed by atoms with van der Waals surface area (Å²) in [4.78, 5) is 14.8. The van der Waals surface area contributed by atoms with Crippen LogP contribution in [0.4, 0.5) is 0 Å². The van der Waals surface area contributed by atoms with Gasteiger partial charge >= 0.3 is 0 Å². The van der Waals surface area contributed by atoms with Crippen molar-refractivity contribution in [2.75, 3.05) is 20.6 Å². The molecule has 0 spiro atoms. The molecule has 3 rings (SSSR count). The molecule has 0 aliphatic heterocycles. The molecule has 1 aromatic heterocycles. The smallest absolute Gasteiger partial charge is 0.287 e. The maximum Gasteiger partial charge on any atom is 0.287 e. The molecule has 1 N–H and O–H groups in total. The number of rotatable bonds is 6. The first-order valence-corrected chi connectivity index (χ1v) is 9.01. The maximum atomic E-state index is 12.7. The lowest BCUT2D eigenvalue weighted by molar-refractivity contribution is 0.0915. The second-order valence-electron chi connectivity index (χ2n) is 6.69. The molecule has 1 atom stereocenters. The van der Waals surface area contributed by atoms with Gasteiger partial charge in [0.1, 0.15) is 0 Å². The number of carbonyl (C=O) groups is 1. The molecule has 0 saturated carbocycles. The van der Waals surface area contributed by atoms with Gasteiger partial charge in [0, 0.05) is 23.5 Å². The van der Waals surface area contributed by atoms with Crippen LogP contribution in [0.15, 0.2) is 52.9 Å². The Labute approximate surface area is 158 Å². The number of likely N-dealkylation sites (N-methyl/N-ethyl adjacent to an activating group) is 1. The van der Waals surface area contributed by atoms with Gasteiger partial charge in [-0.25, -0.2) is 0 Å². The highest BCUT2D eigenvalue weighted by atomic mass is 35.5. The number of halogens is 1. The number of benzene rings is 2. The fraction of sp³-hybridized carbons (Fsp3) is 0.286. The highest BCUT2D eigenvalue weighted by Gasteiger charge is 2.20. The second kappa shape index (κ2) is 7.94. The first kappa shape index (κ1) is 18.5. The maximum absolute atomic E-state index is 12.7. The SMILES string of the molecule is Cc1c(C(=O)NCC(Cc2ccccc2)N(C)C)oc2c(Cl)cccc12. The van der Waals surface area contributed by atoms with Crippen LogP contribution in [0.5, 0.6) is 0 Å². The first-order valence-electron chi connectivity index (χ1n) is 8.63. The highest BCUT2D eigenvalue weighted by molar-refractivity contribution is 6.35. The van der Waals surface area contributed by atoms with E-state index in [4.69, 9.17) is 16.0 Å². The minimum Gasteiger partial charge on any atom is -0.449 e. The Morgan fingerprint density at radius 1 is 1.15 bits per heavy atom. The predicted octanol–water partition coefficient (Wildman–Crippen LogP) is 4.30. The molecule has 1 amide bonds. The molecular formula is C21H23ClN2O2. The minimum atomic E-state index is -0.213. The van der Waals surface area contributed by atoms with Gasteiger partial charge in [0.05, 0.1) is 5.02 Å². The van der Waals surface area contributed by atoms with Gasteiger partial charge in [-0.15, -0.1) is 0 Å². The van der Waals surface area contributed by atoms with E-state index in [0.29, 0.717) is 22.9 Å². The number of para-hydroxylation sites is 1. The van der Waals surface area contributed by atoms with Gasteiger partial charge < -0.3 is 14.6 Å². The molecular weight excluding hydrogens is 348 g/mol. The van der Waals surface area contributed by atoms with E-state index in [2.05, 4.69) is 22.3 Å². The zero-order chi connectivity index (χ0) is 18.7. The summed E-state index contributed by atoms with van der Waals surface area (Å²) in [5, 5.41) is 4.39. The van der Waals surface area contributed by atoms with Gasteiger partial charge in [0.25, 0.3) is 5.91 Å². The second-order valence-corrected chi connectivity index (χ2v) is 7.10. The Balaban J connectivity index is 1.73. The van der Waals surface area contributed by atoms with Crippen LogP contribution in [0.25, 0.3) is 11.0 Å². The fourth-order valence-electron chi connectivity index (χ4n) is 3.04. The zero-order valence-electron chi connectivity index (χ0n) is 15.3. The van der Waals surface area contributed by atoms with Crippen molar-refractivity contribution in [1.29, 1.82) is 0 Å². The van der Waals surface area contributed by atoms with Crippen LogP contribution in [0.2, 0.25) is 5.02 Å². The van der Waals surface area contributed by atoms with Gasteiger partial charge in [-0.2, -0.15) is 0 Å². The minimum absolute atomic E-state index is 0.189. The highest BCUT2D eigenvalue weighted by Crippen LogP contribution is 2.30. The summed E-state index contributed by atoms with van der Waals surface area (Å²) >= 11 is 6.17. The van der Waals surface area contributed by atoms with Crippen molar-refractivity contribution >= 4 is 28.5 Å². The Hall–Kier alpha value is -2.30. The lowest BCUT2D eigenvalue weighted by Crippen LogP contribution is -2.41. The van der Waals surface area contributed by atoms with Crippen molar-refractivity contribution in [3.8, 4) is 0 Å². The number of nitrogens with one attached hydrogen (secondary N) is 1. The molecule has 136 valence electrons. The Kier molecular flexibility index (Phi) is 5.64. The molecule has 3 aromatic rings. The number of hydrogen-bond acceptors (Lipinski definition) is 3. The van der Waals surface area contributed by atoms with Crippen LogP contribution >= 0.6 is 11.6 Å². The summed E-state index contributed by atoms with van der Waals surface area (Å²) in [6, 6.07) is 16.0. The summed E-state index contributed by atoms with van der Waals surface area (Å²) in [6.07, 6.45) is 0.860. The number of hydrogen-bond donors (Lipinski definition) is 1. The van der Waals surface area contributed by atoms with Gasteiger partial charge in [-0.05, 0) is 39.1 Å². The molecule has 1 heterocycles. The average Bonchev–Trinajstić information content (AvgIpc) is 2.97. The molecule has 0 fully saturated rings. The van der Waals surface area contributed by atoms with Crippen molar-refractivity contribution in [2.45, 2.75) is 19.4 Å². The Bertz CT molecular complexity index is 903. The fourth-order valence-corrected chi connectivity index (χ4v) is 3.25. The topological polar surface area (TPSA) is 45.5 Å². The van der Waals surface area contributed by atoms with E-state index in [1.165, 1.54) is 5.56 Å². The summed E-state index contributed by atoms with van der Waals surface area (Å²) in [7, 11) is 4.04. The molecule has 1 unspecified atom stereocenters. The molecule has 0 radical (unpaired) electrons. The molecule has 0 saturated heterocycles. The van der Waals surface area contributed by atoms with E-state index in [-0.39, 0.29) is 11.9 Å². The molecule has 5 heteroatoms. The molecule has 26 heavy (non-hydrogen) atoms. The van der Waals surface area contributed by atoms with Gasteiger partial charge in [-0.1, -0.05) is 54.1 Å². The van der Waals surface area contributed by atoms with Gasteiger partial charge in [-0.3, -0.25) is 4.79 Å². The first-order chi connectivity index (χ1) is 12.5. The van der Waals surface area contributed by atoms with Crippen molar-refractivity contribution in [3.05, 3.63) is 70.4 Å². The van der Waals surface area contributed by atoms with E-state index >= 15 is 0 Å². The lowest BCUT2D eigenvalue weighted by atomic mass is 10.1. The third kappa shape index (κ3) is 3.92. The Morgan fingerprint density at radius 2 is 1.88 bits per heavy atom. The summed E-state index contributed by atoms with van der Waals surface area (Å²) < 4.78 is 5.74. The normalized spacial score (nSPS) is 12.5. The van der Waals surface area contributed by atoms with Gasteiger partial charge in [0.15, 0.2) is 11.3 Å². The molecule has 0 aliphatic carbocycles. The number of carbonyl (C=O) groups excluding carboxylic acids is 1. The zero-order valence-corrected chi connectivity index (χ0v) is 16.0. The Morgan fingerprint density at radius 3 is 2.54 bits per heavy atom. The van der Waals surface area contributed by atoms with Crippen LogP contribution in [0.1, 0.15) is 21.7 Å². The lowest BCUT2D eigenvalue weighted by Gasteiger charge is -2.24. The van der Waals surface area contributed by atoms with E-state index < -0.39 is 0 Å². The van der Waals surface area contributed by atoms with Crippen LogP contribution in [-0.2, 0) is 6.42 Å². The number of amides is 1. The summed E-state index contributed by atoms with van der Waals surface area (Å²) in [5.41, 5.74) is 2.61.